The van der Waals surface area contributed by atoms with Crippen LogP contribution in [0.2, 0.25) is 0 Å². The largest absolute Gasteiger partial charge is 0.433 e. The number of pyridine rings is 1. The number of ketones is 1. The summed E-state index contributed by atoms with van der Waals surface area (Å²) in [7, 11) is -3.92. The van der Waals surface area contributed by atoms with Crippen LogP contribution in [0.4, 0.5) is 13.2 Å². The number of alkyl halides is 3. The number of carbonyl (C=O) groups excluding carboxylic acids is 1. The minimum Gasteiger partial charge on any atom is -0.297 e. The highest BCUT2D eigenvalue weighted by Gasteiger charge is 2.41. The van der Waals surface area contributed by atoms with Crippen LogP contribution in [0.3, 0.4) is 0 Å². The first-order valence-electron chi connectivity index (χ1n) is 6.47. The molecule has 0 saturated heterocycles. The van der Waals surface area contributed by atoms with E-state index in [0.29, 0.717) is 0 Å². The fourth-order valence-electron chi connectivity index (χ4n) is 1.63. The second-order valence-corrected chi connectivity index (χ2v) is 7.44. The van der Waals surface area contributed by atoms with Gasteiger partial charge in [0, 0.05) is 12.2 Å². The number of Topliss-reactive ketones (excluding diaryl/α,β-unsaturated/α-hetero) is 1. The lowest BCUT2D eigenvalue weighted by atomic mass is 10.0. The number of carbonyl (C=O) groups is 1. The van der Waals surface area contributed by atoms with Crippen molar-refractivity contribution in [3.8, 4) is 0 Å². The van der Waals surface area contributed by atoms with Gasteiger partial charge in [-0.2, -0.15) is 13.2 Å². The minimum absolute atomic E-state index is 0.112. The fraction of sp³-hybridized carbons (Fsp3) is 0.538. The van der Waals surface area contributed by atoms with Crippen molar-refractivity contribution in [3.05, 3.63) is 29.6 Å². The molecule has 22 heavy (non-hydrogen) atoms. The van der Waals surface area contributed by atoms with Crippen molar-refractivity contribution in [1.29, 1.82) is 0 Å². The van der Waals surface area contributed by atoms with Gasteiger partial charge in [0.1, 0.15) is 10.4 Å². The lowest BCUT2D eigenvalue weighted by Crippen LogP contribution is -2.48. The molecule has 5 nitrogen and oxygen atoms in total. The Labute approximate surface area is 127 Å². The molecule has 0 radical (unpaired) electrons. The van der Waals surface area contributed by atoms with Crippen LogP contribution < -0.4 is 4.72 Å². The molecule has 1 N–H and O–H groups in total. The van der Waals surface area contributed by atoms with Gasteiger partial charge < -0.3 is 0 Å². The summed E-state index contributed by atoms with van der Waals surface area (Å²) in [6.45, 7) is 4.09. The van der Waals surface area contributed by atoms with Crippen molar-refractivity contribution in [1.82, 2.24) is 9.71 Å². The molecule has 1 heterocycles. The zero-order valence-corrected chi connectivity index (χ0v) is 13.2. The number of hydrogen-bond donors (Lipinski definition) is 1. The Morgan fingerprint density at radius 1 is 1.27 bits per heavy atom. The fourth-order valence-corrected chi connectivity index (χ4v) is 2.75. The first-order valence-corrected chi connectivity index (χ1v) is 7.95. The van der Waals surface area contributed by atoms with Crippen LogP contribution in [0.25, 0.3) is 0 Å². The van der Waals surface area contributed by atoms with Crippen LogP contribution in [0.5, 0.6) is 0 Å². The molecule has 0 amide bonds. The summed E-state index contributed by atoms with van der Waals surface area (Å²) in [5.41, 5.74) is -1.25. The molecule has 0 aliphatic rings. The normalized spacial score (nSPS) is 13.2. The van der Waals surface area contributed by atoms with Crippen molar-refractivity contribution >= 4 is 15.8 Å². The Bertz CT molecular complexity index is 655. The number of halogens is 3. The van der Waals surface area contributed by atoms with E-state index in [4.69, 9.17) is 0 Å². The smallest absolute Gasteiger partial charge is 0.297 e. The summed E-state index contributed by atoms with van der Waals surface area (Å²) in [4.78, 5) is 15.5. The van der Waals surface area contributed by atoms with E-state index in [2.05, 4.69) is 9.71 Å². The zero-order chi connectivity index (χ0) is 17.2. The molecule has 1 aromatic rings. The summed E-state index contributed by atoms with van der Waals surface area (Å²) >= 11 is 0. The number of sulfonamides is 1. The van der Waals surface area contributed by atoms with Crippen molar-refractivity contribution in [2.24, 2.45) is 0 Å². The summed E-state index contributed by atoms with van der Waals surface area (Å²) in [6, 6.07) is 3.17. The monoisotopic (exact) mass is 338 g/mol. The van der Waals surface area contributed by atoms with Gasteiger partial charge in [-0.05, 0) is 26.0 Å². The quantitative estimate of drug-likeness (QED) is 0.860. The molecule has 1 rings (SSSR count). The average molecular weight is 338 g/mol. The third kappa shape index (κ3) is 4.04. The molecule has 9 heteroatoms. The van der Waals surface area contributed by atoms with Crippen LogP contribution in [0.15, 0.2) is 18.2 Å². The van der Waals surface area contributed by atoms with E-state index in [1.54, 1.807) is 6.92 Å². The number of rotatable bonds is 6. The number of aromatic nitrogens is 1. The van der Waals surface area contributed by atoms with Crippen molar-refractivity contribution in [3.63, 3.8) is 0 Å². The first kappa shape index (κ1) is 18.6. The van der Waals surface area contributed by atoms with Crippen LogP contribution in [0, 0.1) is 0 Å². The predicted molar refractivity (Wildman–Crippen MR) is 74.6 cm³/mol. The van der Waals surface area contributed by atoms with Gasteiger partial charge in [0.2, 0.25) is 10.0 Å². The molecule has 0 fully saturated rings. The Kier molecular flexibility index (Phi) is 5.34. The second kappa shape index (κ2) is 6.33. The molecule has 0 spiro atoms. The molecule has 124 valence electrons. The number of hydrogen-bond acceptors (Lipinski definition) is 4. The average Bonchev–Trinajstić information content (AvgIpc) is 2.37. The van der Waals surface area contributed by atoms with Gasteiger partial charge in [0.05, 0.1) is 6.42 Å². The molecule has 0 bridgehead atoms. The molecule has 0 atom stereocenters. The molecular formula is C13H17F3N2O3S. The van der Waals surface area contributed by atoms with Crippen LogP contribution in [-0.4, -0.2) is 30.5 Å². The lowest BCUT2D eigenvalue weighted by Gasteiger charge is -2.23. The SMILES string of the molecule is CCNS(=O)(=O)C(C)(C)C(=O)Cc1cccc(C(F)(F)F)n1. The van der Waals surface area contributed by atoms with E-state index in [0.717, 1.165) is 12.1 Å². The van der Waals surface area contributed by atoms with E-state index >= 15 is 0 Å². The highest BCUT2D eigenvalue weighted by atomic mass is 32.2. The first-order chi connectivity index (χ1) is 9.91. The minimum atomic E-state index is -4.62. The molecule has 0 aliphatic heterocycles. The molecule has 0 unspecified atom stereocenters. The maximum absolute atomic E-state index is 12.6. The summed E-state index contributed by atoms with van der Waals surface area (Å²) in [5.74, 6) is -0.736. The van der Waals surface area contributed by atoms with E-state index < -0.39 is 38.8 Å². The molecule has 0 aliphatic carbocycles. The summed E-state index contributed by atoms with van der Waals surface area (Å²) in [5, 5.41) is 0. The molecule has 1 aromatic heterocycles. The van der Waals surface area contributed by atoms with E-state index in [1.807, 2.05) is 0 Å². The van der Waals surface area contributed by atoms with E-state index in [9.17, 15) is 26.4 Å². The Balaban J connectivity index is 3.03. The van der Waals surface area contributed by atoms with Gasteiger partial charge in [0.15, 0.2) is 5.78 Å². The van der Waals surface area contributed by atoms with Gasteiger partial charge in [-0.1, -0.05) is 13.0 Å². The Morgan fingerprint density at radius 3 is 2.36 bits per heavy atom. The standard InChI is InChI=1S/C13H17F3N2O3S/c1-4-17-22(20,21)12(2,3)11(19)8-9-6-5-7-10(18-9)13(14,15)16/h5-7,17H,4,8H2,1-3H3. The number of nitrogens with one attached hydrogen (secondary N) is 1. The maximum Gasteiger partial charge on any atom is 0.433 e. The number of nitrogens with zero attached hydrogens (tertiary/aromatic N) is 1. The highest BCUT2D eigenvalue weighted by Crippen LogP contribution is 2.27. The highest BCUT2D eigenvalue weighted by molar-refractivity contribution is 7.91. The van der Waals surface area contributed by atoms with Gasteiger partial charge in [0.25, 0.3) is 0 Å². The van der Waals surface area contributed by atoms with Crippen molar-refractivity contribution in [2.45, 2.75) is 38.1 Å². The summed E-state index contributed by atoms with van der Waals surface area (Å²) < 4.78 is 62.1. The van der Waals surface area contributed by atoms with Gasteiger partial charge in [-0.25, -0.2) is 18.1 Å². The Morgan fingerprint density at radius 2 is 1.86 bits per heavy atom. The third-order valence-electron chi connectivity index (χ3n) is 3.12. The predicted octanol–water partition coefficient (Wildman–Crippen LogP) is 1.93. The van der Waals surface area contributed by atoms with Gasteiger partial charge in [-0.3, -0.25) is 4.79 Å². The summed E-state index contributed by atoms with van der Waals surface area (Å²) in [6.07, 6.45) is -5.12. The van der Waals surface area contributed by atoms with Crippen LogP contribution in [-0.2, 0) is 27.4 Å². The van der Waals surface area contributed by atoms with Gasteiger partial charge in [-0.15, -0.1) is 0 Å². The van der Waals surface area contributed by atoms with E-state index in [1.165, 1.54) is 19.9 Å². The lowest BCUT2D eigenvalue weighted by molar-refractivity contribution is -0.141. The topological polar surface area (TPSA) is 76.1 Å². The maximum atomic E-state index is 12.6. The van der Waals surface area contributed by atoms with Crippen molar-refractivity contribution < 1.29 is 26.4 Å². The van der Waals surface area contributed by atoms with Crippen LogP contribution in [0.1, 0.15) is 32.2 Å². The molecular weight excluding hydrogens is 321 g/mol. The van der Waals surface area contributed by atoms with E-state index in [-0.39, 0.29) is 12.2 Å². The molecule has 0 aromatic carbocycles. The third-order valence-corrected chi connectivity index (χ3v) is 5.36. The molecule has 0 saturated carbocycles. The van der Waals surface area contributed by atoms with Crippen LogP contribution >= 0.6 is 0 Å². The zero-order valence-electron chi connectivity index (χ0n) is 12.4. The van der Waals surface area contributed by atoms with Gasteiger partial charge >= 0.3 is 6.18 Å². The van der Waals surface area contributed by atoms with Crippen molar-refractivity contribution in [2.75, 3.05) is 6.54 Å². The Hall–Kier alpha value is -1.48. The second-order valence-electron chi connectivity index (χ2n) is 5.12.